The Balaban J connectivity index is 1.81. The SMILES string of the molecule is CCc1nc(-c2ccc(N(C)C)cc2Cl)n(CC)c(=O)c1NC1c2ccccc2CC1OC(C)=O. The zero-order chi connectivity index (χ0) is 25.3. The molecular weight excluding hydrogens is 464 g/mol. The van der Waals surface area contributed by atoms with Gasteiger partial charge in [-0.1, -0.05) is 42.8 Å². The normalized spacial score (nSPS) is 16.6. The zero-order valence-electron chi connectivity index (χ0n) is 20.8. The van der Waals surface area contributed by atoms with Gasteiger partial charge in [0.25, 0.3) is 5.56 Å². The highest BCUT2D eigenvalue weighted by Crippen LogP contribution is 2.37. The number of hydrogen-bond donors (Lipinski definition) is 1. The Hall–Kier alpha value is -3.32. The van der Waals surface area contributed by atoms with Gasteiger partial charge in [0.05, 0.1) is 16.8 Å². The smallest absolute Gasteiger partial charge is 0.302 e. The third-order valence-corrected chi connectivity index (χ3v) is 6.72. The summed E-state index contributed by atoms with van der Waals surface area (Å²) in [5, 5.41) is 3.95. The Morgan fingerprint density at radius 2 is 1.97 bits per heavy atom. The van der Waals surface area contributed by atoms with Crippen molar-refractivity contribution in [1.29, 1.82) is 0 Å². The predicted molar refractivity (Wildman–Crippen MR) is 140 cm³/mol. The van der Waals surface area contributed by atoms with E-state index >= 15 is 0 Å². The van der Waals surface area contributed by atoms with Crippen LogP contribution in [0.5, 0.6) is 0 Å². The number of ether oxygens (including phenoxy) is 1. The molecule has 7 nitrogen and oxygen atoms in total. The molecule has 2 atom stereocenters. The van der Waals surface area contributed by atoms with Crippen molar-refractivity contribution < 1.29 is 9.53 Å². The molecule has 1 aliphatic rings. The third-order valence-electron chi connectivity index (χ3n) is 6.41. The molecule has 0 fully saturated rings. The molecule has 3 aromatic rings. The number of nitrogens with zero attached hydrogens (tertiary/aromatic N) is 3. The van der Waals surface area contributed by atoms with E-state index in [-0.39, 0.29) is 17.6 Å². The summed E-state index contributed by atoms with van der Waals surface area (Å²) in [6, 6.07) is 13.4. The molecule has 0 bridgehead atoms. The molecule has 8 heteroatoms. The standard InChI is InChI=1S/C27H31ClN4O3/c1-6-22-25(30-24-19-11-9-8-10-17(19)14-23(24)35-16(3)33)27(34)32(7-2)26(29-22)20-13-12-18(31(4)5)15-21(20)28/h8-13,15,23-24,30H,6-7,14H2,1-5H3. The van der Waals surface area contributed by atoms with Crippen LogP contribution < -0.4 is 15.8 Å². The largest absolute Gasteiger partial charge is 0.460 e. The molecule has 0 saturated carbocycles. The van der Waals surface area contributed by atoms with Crippen LogP contribution in [0.15, 0.2) is 47.3 Å². The minimum Gasteiger partial charge on any atom is -0.460 e. The summed E-state index contributed by atoms with van der Waals surface area (Å²) in [6.07, 6.45) is 0.738. The maximum Gasteiger partial charge on any atom is 0.302 e. The lowest BCUT2D eigenvalue weighted by Crippen LogP contribution is -2.32. The Bertz CT molecular complexity index is 1320. The predicted octanol–water partition coefficient (Wildman–Crippen LogP) is 4.85. The lowest BCUT2D eigenvalue weighted by molar-refractivity contribution is -0.146. The van der Waals surface area contributed by atoms with Crippen LogP contribution in [0.25, 0.3) is 11.4 Å². The first kappa shape index (κ1) is 24.8. The van der Waals surface area contributed by atoms with Crippen molar-refractivity contribution in [3.8, 4) is 11.4 Å². The van der Waals surface area contributed by atoms with Crippen LogP contribution in [-0.2, 0) is 28.9 Å². The second kappa shape index (κ2) is 10.1. The van der Waals surface area contributed by atoms with Gasteiger partial charge in [-0.15, -0.1) is 0 Å². The van der Waals surface area contributed by atoms with Gasteiger partial charge in [0.1, 0.15) is 17.6 Å². The Morgan fingerprint density at radius 3 is 2.60 bits per heavy atom. The number of halogens is 1. The second-order valence-electron chi connectivity index (χ2n) is 8.89. The van der Waals surface area contributed by atoms with E-state index in [1.54, 1.807) is 4.57 Å². The molecular formula is C27H31ClN4O3. The van der Waals surface area contributed by atoms with Crippen molar-refractivity contribution in [2.75, 3.05) is 24.3 Å². The van der Waals surface area contributed by atoms with Gasteiger partial charge in [0.2, 0.25) is 0 Å². The summed E-state index contributed by atoms with van der Waals surface area (Å²) in [4.78, 5) is 32.5. The summed E-state index contributed by atoms with van der Waals surface area (Å²) >= 11 is 6.64. The van der Waals surface area contributed by atoms with Crippen LogP contribution in [-0.4, -0.2) is 35.7 Å². The van der Waals surface area contributed by atoms with E-state index in [4.69, 9.17) is 21.3 Å². The summed E-state index contributed by atoms with van der Waals surface area (Å²) < 4.78 is 7.27. The van der Waals surface area contributed by atoms with Crippen molar-refractivity contribution in [3.63, 3.8) is 0 Å². The third kappa shape index (κ3) is 4.78. The van der Waals surface area contributed by atoms with Gasteiger partial charge in [-0.25, -0.2) is 4.98 Å². The van der Waals surface area contributed by atoms with Crippen LogP contribution >= 0.6 is 11.6 Å². The fourth-order valence-corrected chi connectivity index (χ4v) is 4.93. The first-order valence-electron chi connectivity index (χ1n) is 11.9. The molecule has 1 aliphatic carbocycles. The highest BCUT2D eigenvalue weighted by molar-refractivity contribution is 6.33. The van der Waals surface area contributed by atoms with Crippen LogP contribution in [0, 0.1) is 0 Å². The average molecular weight is 495 g/mol. The van der Waals surface area contributed by atoms with Crippen molar-refractivity contribution in [3.05, 3.63) is 74.7 Å². The Labute approximate surface area is 210 Å². The van der Waals surface area contributed by atoms with Gasteiger partial charge in [-0.2, -0.15) is 0 Å². The lowest BCUT2D eigenvalue weighted by Gasteiger charge is -2.25. The number of hydrogen-bond acceptors (Lipinski definition) is 6. The molecule has 184 valence electrons. The molecule has 2 unspecified atom stereocenters. The van der Waals surface area contributed by atoms with E-state index in [1.165, 1.54) is 6.92 Å². The monoisotopic (exact) mass is 494 g/mol. The molecule has 1 N–H and O–H groups in total. The van der Waals surface area contributed by atoms with Gasteiger partial charge in [-0.3, -0.25) is 14.2 Å². The fourth-order valence-electron chi connectivity index (χ4n) is 4.67. The maximum absolute atomic E-state index is 13.8. The number of aromatic nitrogens is 2. The number of anilines is 2. The molecule has 0 radical (unpaired) electrons. The van der Waals surface area contributed by atoms with Crippen LogP contribution in [0.4, 0.5) is 11.4 Å². The van der Waals surface area contributed by atoms with E-state index in [2.05, 4.69) is 5.32 Å². The molecule has 0 spiro atoms. The number of nitrogens with one attached hydrogen (secondary N) is 1. The highest BCUT2D eigenvalue weighted by atomic mass is 35.5. The molecule has 0 aliphatic heterocycles. The van der Waals surface area contributed by atoms with Gasteiger partial charge < -0.3 is 15.0 Å². The van der Waals surface area contributed by atoms with Gasteiger partial charge >= 0.3 is 5.97 Å². The number of aryl methyl sites for hydroxylation is 1. The first-order chi connectivity index (χ1) is 16.7. The summed E-state index contributed by atoms with van der Waals surface area (Å²) in [6.45, 7) is 5.72. The number of rotatable bonds is 7. The zero-order valence-corrected chi connectivity index (χ0v) is 21.5. The Morgan fingerprint density at radius 1 is 1.23 bits per heavy atom. The van der Waals surface area contributed by atoms with Gasteiger partial charge in [-0.05, 0) is 42.7 Å². The number of carbonyl (C=O) groups is 1. The molecule has 35 heavy (non-hydrogen) atoms. The number of esters is 1. The summed E-state index contributed by atoms with van der Waals surface area (Å²) in [5.74, 6) is 0.194. The van der Waals surface area contributed by atoms with E-state index in [9.17, 15) is 9.59 Å². The minimum absolute atomic E-state index is 0.173. The average Bonchev–Trinajstić information content (AvgIpc) is 3.16. The molecule has 0 saturated heterocycles. The van der Waals surface area contributed by atoms with Crippen molar-refractivity contribution >= 4 is 28.9 Å². The summed E-state index contributed by atoms with van der Waals surface area (Å²) in [7, 11) is 3.90. The van der Waals surface area contributed by atoms with E-state index in [1.807, 2.05) is 75.3 Å². The minimum atomic E-state index is -0.406. The molecule has 0 amide bonds. The van der Waals surface area contributed by atoms with Gasteiger partial charge in [0, 0.05) is 45.2 Å². The number of benzene rings is 2. The van der Waals surface area contributed by atoms with Crippen LogP contribution in [0.3, 0.4) is 0 Å². The molecule has 1 aromatic heterocycles. The second-order valence-corrected chi connectivity index (χ2v) is 9.30. The topological polar surface area (TPSA) is 76.5 Å². The van der Waals surface area contributed by atoms with Crippen molar-refractivity contribution in [1.82, 2.24) is 9.55 Å². The summed E-state index contributed by atoms with van der Waals surface area (Å²) in [5.41, 5.74) is 4.70. The lowest BCUT2D eigenvalue weighted by atomic mass is 10.1. The molecule has 2 aromatic carbocycles. The molecule has 1 heterocycles. The van der Waals surface area contributed by atoms with Crippen LogP contribution in [0.1, 0.15) is 43.6 Å². The van der Waals surface area contributed by atoms with Gasteiger partial charge in [0.15, 0.2) is 0 Å². The quantitative estimate of drug-likeness (QED) is 0.473. The highest BCUT2D eigenvalue weighted by Gasteiger charge is 2.36. The first-order valence-corrected chi connectivity index (χ1v) is 12.2. The van der Waals surface area contributed by atoms with E-state index < -0.39 is 6.10 Å². The maximum atomic E-state index is 13.8. The van der Waals surface area contributed by atoms with Crippen molar-refractivity contribution in [2.24, 2.45) is 0 Å². The van der Waals surface area contributed by atoms with E-state index in [0.717, 1.165) is 16.8 Å². The Kier molecular flexibility index (Phi) is 7.17. The van der Waals surface area contributed by atoms with Crippen molar-refractivity contribution in [2.45, 2.75) is 52.3 Å². The number of carbonyl (C=O) groups excluding carboxylic acids is 1. The number of fused-ring (bicyclic) bond motifs is 1. The van der Waals surface area contributed by atoms with E-state index in [0.29, 0.717) is 47.2 Å². The fraction of sp³-hybridized carbons (Fsp3) is 0.370. The molecule has 4 rings (SSSR count). The van der Waals surface area contributed by atoms with Crippen LogP contribution in [0.2, 0.25) is 5.02 Å².